The second-order valence-corrected chi connectivity index (χ2v) is 7.13. The molecule has 0 radical (unpaired) electrons. The predicted octanol–water partition coefficient (Wildman–Crippen LogP) is 1.98. The van der Waals surface area contributed by atoms with E-state index in [-0.39, 0.29) is 5.91 Å². The largest absolute Gasteiger partial charge is 0.351 e. The van der Waals surface area contributed by atoms with Crippen molar-refractivity contribution in [2.24, 2.45) is 0 Å². The number of carbonyl (C=O) groups is 1. The number of amides is 1. The van der Waals surface area contributed by atoms with Crippen LogP contribution in [-0.4, -0.2) is 65.7 Å². The van der Waals surface area contributed by atoms with Crippen molar-refractivity contribution in [3.05, 3.63) is 41.0 Å². The Morgan fingerprint density at radius 2 is 2.16 bits per heavy atom. The van der Waals surface area contributed by atoms with Crippen molar-refractivity contribution >= 4 is 17.5 Å². The molecule has 2 heterocycles. The first kappa shape index (κ1) is 17.9. The van der Waals surface area contributed by atoms with Crippen LogP contribution in [0.1, 0.15) is 12.0 Å². The summed E-state index contributed by atoms with van der Waals surface area (Å²) in [6.45, 7) is 2.82. The average molecular weight is 362 g/mol. The quantitative estimate of drug-likeness (QED) is 0.825. The molecule has 1 aliphatic rings. The van der Waals surface area contributed by atoms with Crippen LogP contribution in [0.15, 0.2) is 30.5 Å². The Balaban J connectivity index is 1.53. The molecule has 134 valence electrons. The van der Waals surface area contributed by atoms with Gasteiger partial charge in [-0.25, -0.2) is 0 Å². The fraction of sp³-hybridized carbons (Fsp3) is 0.444. The molecule has 0 saturated carbocycles. The molecule has 6 nitrogen and oxygen atoms in total. The zero-order chi connectivity index (χ0) is 17.8. The second kappa shape index (κ2) is 7.99. The van der Waals surface area contributed by atoms with Crippen molar-refractivity contribution in [1.29, 1.82) is 0 Å². The monoisotopic (exact) mass is 361 g/mol. The molecule has 0 unspecified atom stereocenters. The fourth-order valence-corrected chi connectivity index (χ4v) is 3.27. The van der Waals surface area contributed by atoms with Gasteiger partial charge < -0.3 is 10.2 Å². The van der Waals surface area contributed by atoms with Crippen LogP contribution in [0, 0.1) is 0 Å². The van der Waals surface area contributed by atoms with E-state index in [0.717, 1.165) is 36.3 Å². The number of H-pyrrole nitrogens is 1. The van der Waals surface area contributed by atoms with Gasteiger partial charge in [0.1, 0.15) is 0 Å². The number of benzene rings is 1. The summed E-state index contributed by atoms with van der Waals surface area (Å²) in [5, 5.41) is 10.8. The van der Waals surface area contributed by atoms with E-state index in [2.05, 4.69) is 39.4 Å². The van der Waals surface area contributed by atoms with E-state index in [9.17, 15) is 4.79 Å². The summed E-state index contributed by atoms with van der Waals surface area (Å²) in [7, 11) is 4.18. The van der Waals surface area contributed by atoms with Gasteiger partial charge in [0, 0.05) is 36.3 Å². The summed E-state index contributed by atoms with van der Waals surface area (Å²) < 4.78 is 0. The molecule has 1 aliphatic heterocycles. The molecular weight excluding hydrogens is 338 g/mol. The second-order valence-electron chi connectivity index (χ2n) is 6.70. The van der Waals surface area contributed by atoms with Crippen molar-refractivity contribution in [3.63, 3.8) is 0 Å². The number of aromatic nitrogens is 2. The molecule has 1 atom stereocenters. The van der Waals surface area contributed by atoms with E-state index < -0.39 is 0 Å². The van der Waals surface area contributed by atoms with Gasteiger partial charge in [-0.2, -0.15) is 5.10 Å². The van der Waals surface area contributed by atoms with E-state index >= 15 is 0 Å². The third-order valence-corrected chi connectivity index (χ3v) is 4.92. The smallest absolute Gasteiger partial charge is 0.234 e. The maximum atomic E-state index is 12.2. The van der Waals surface area contributed by atoms with Crippen LogP contribution in [0.25, 0.3) is 11.3 Å². The Bertz CT molecular complexity index is 713. The normalized spacial score (nSPS) is 18.0. The number of likely N-dealkylation sites (tertiary alicyclic amines) is 1. The van der Waals surface area contributed by atoms with Crippen LogP contribution in [0.4, 0.5) is 0 Å². The maximum absolute atomic E-state index is 12.2. The Labute approximate surface area is 153 Å². The molecule has 1 saturated heterocycles. The van der Waals surface area contributed by atoms with Crippen LogP contribution in [-0.2, 0) is 11.3 Å². The molecule has 1 amide bonds. The molecule has 2 N–H and O–H groups in total. The van der Waals surface area contributed by atoms with Crippen molar-refractivity contribution < 1.29 is 4.79 Å². The zero-order valence-electron chi connectivity index (χ0n) is 14.6. The van der Waals surface area contributed by atoms with E-state index in [1.165, 1.54) is 0 Å². The molecule has 1 aromatic heterocycles. The highest BCUT2D eigenvalue weighted by molar-refractivity contribution is 6.30. The zero-order valence-corrected chi connectivity index (χ0v) is 15.4. The lowest BCUT2D eigenvalue weighted by atomic mass is 10.1. The first-order chi connectivity index (χ1) is 12.0. The highest BCUT2D eigenvalue weighted by Crippen LogP contribution is 2.22. The Morgan fingerprint density at radius 3 is 2.84 bits per heavy atom. The first-order valence-electron chi connectivity index (χ1n) is 8.46. The molecule has 0 bridgehead atoms. The third kappa shape index (κ3) is 4.60. The van der Waals surface area contributed by atoms with Crippen molar-refractivity contribution in [1.82, 2.24) is 25.3 Å². The van der Waals surface area contributed by atoms with Crippen molar-refractivity contribution in [3.8, 4) is 11.3 Å². The Hall–Kier alpha value is -1.89. The number of halogens is 1. The number of hydrogen-bond donors (Lipinski definition) is 2. The van der Waals surface area contributed by atoms with Gasteiger partial charge >= 0.3 is 0 Å². The highest BCUT2D eigenvalue weighted by atomic mass is 35.5. The summed E-state index contributed by atoms with van der Waals surface area (Å²) >= 11 is 5.94. The van der Waals surface area contributed by atoms with E-state index in [1.807, 2.05) is 24.3 Å². The lowest BCUT2D eigenvalue weighted by molar-refractivity contribution is -0.122. The SMILES string of the molecule is CN(C)[C@@H]1CCN(CC(=O)NCc2cn[nH]c2-c2ccc(Cl)cc2)C1. The lowest BCUT2D eigenvalue weighted by Gasteiger charge is -2.20. The average Bonchev–Trinajstić information content (AvgIpc) is 3.23. The van der Waals surface area contributed by atoms with Crippen LogP contribution in [0.2, 0.25) is 5.02 Å². The number of rotatable bonds is 6. The summed E-state index contributed by atoms with van der Waals surface area (Å²) in [6.07, 6.45) is 2.87. The van der Waals surface area contributed by atoms with Gasteiger partial charge in [-0.3, -0.25) is 14.8 Å². The van der Waals surface area contributed by atoms with Crippen molar-refractivity contribution in [2.45, 2.75) is 19.0 Å². The number of nitrogens with zero attached hydrogens (tertiary/aromatic N) is 3. The molecule has 0 spiro atoms. The predicted molar refractivity (Wildman–Crippen MR) is 99.4 cm³/mol. The van der Waals surface area contributed by atoms with Gasteiger partial charge in [0.2, 0.25) is 5.91 Å². The van der Waals surface area contributed by atoms with Gasteiger partial charge in [-0.15, -0.1) is 0 Å². The van der Waals surface area contributed by atoms with Gasteiger partial charge in [0.05, 0.1) is 18.4 Å². The minimum absolute atomic E-state index is 0.0441. The van der Waals surface area contributed by atoms with E-state index in [0.29, 0.717) is 24.2 Å². The van der Waals surface area contributed by atoms with E-state index in [1.54, 1.807) is 6.20 Å². The number of carbonyl (C=O) groups excluding carboxylic acids is 1. The number of hydrogen-bond acceptors (Lipinski definition) is 4. The van der Waals surface area contributed by atoms with E-state index in [4.69, 9.17) is 11.6 Å². The summed E-state index contributed by atoms with van der Waals surface area (Å²) in [5.41, 5.74) is 2.87. The number of nitrogens with one attached hydrogen (secondary N) is 2. The molecule has 25 heavy (non-hydrogen) atoms. The van der Waals surface area contributed by atoms with Gasteiger partial charge in [-0.1, -0.05) is 23.7 Å². The minimum Gasteiger partial charge on any atom is -0.351 e. The first-order valence-corrected chi connectivity index (χ1v) is 8.84. The number of aromatic amines is 1. The van der Waals surface area contributed by atoms with Crippen LogP contribution >= 0.6 is 11.6 Å². The molecule has 2 aromatic rings. The summed E-state index contributed by atoms with van der Waals surface area (Å²) in [5.74, 6) is 0.0441. The molecule has 1 fully saturated rings. The maximum Gasteiger partial charge on any atom is 0.234 e. The highest BCUT2D eigenvalue weighted by Gasteiger charge is 2.25. The Kier molecular flexibility index (Phi) is 5.73. The summed E-state index contributed by atoms with van der Waals surface area (Å²) in [4.78, 5) is 16.7. The molecular formula is C18H24ClN5O. The molecule has 1 aromatic carbocycles. The van der Waals surface area contributed by atoms with Crippen LogP contribution < -0.4 is 5.32 Å². The number of likely N-dealkylation sites (N-methyl/N-ethyl adjacent to an activating group) is 1. The summed E-state index contributed by atoms with van der Waals surface area (Å²) in [6, 6.07) is 8.10. The molecule has 3 rings (SSSR count). The van der Waals surface area contributed by atoms with Crippen molar-refractivity contribution in [2.75, 3.05) is 33.7 Å². The topological polar surface area (TPSA) is 64.3 Å². The lowest BCUT2D eigenvalue weighted by Crippen LogP contribution is -2.38. The third-order valence-electron chi connectivity index (χ3n) is 4.67. The fourth-order valence-electron chi connectivity index (χ4n) is 3.14. The van der Waals surface area contributed by atoms with Gasteiger partial charge in [-0.05, 0) is 38.2 Å². The molecule has 7 heteroatoms. The van der Waals surface area contributed by atoms with Crippen LogP contribution in [0.3, 0.4) is 0 Å². The van der Waals surface area contributed by atoms with Crippen LogP contribution in [0.5, 0.6) is 0 Å². The van der Waals surface area contributed by atoms with Gasteiger partial charge in [0.15, 0.2) is 0 Å². The minimum atomic E-state index is 0.0441. The molecule has 0 aliphatic carbocycles. The van der Waals surface area contributed by atoms with Gasteiger partial charge in [0.25, 0.3) is 0 Å². The standard InChI is InChI=1S/C18H24ClN5O/c1-23(2)16-7-8-24(11-16)12-17(25)20-9-14-10-21-22-18(14)13-3-5-15(19)6-4-13/h3-6,10,16H,7-9,11-12H2,1-2H3,(H,20,25)(H,21,22)/t16-/m1/s1. The Morgan fingerprint density at radius 1 is 1.40 bits per heavy atom.